The summed E-state index contributed by atoms with van der Waals surface area (Å²) in [5.41, 5.74) is 4.94. The highest BCUT2D eigenvalue weighted by atomic mass is 16.1. The molecular weight excluding hydrogens is 402 g/mol. The van der Waals surface area contributed by atoms with E-state index in [0.29, 0.717) is 23.5 Å². The zero-order valence-corrected chi connectivity index (χ0v) is 17.3. The Bertz CT molecular complexity index is 1620. The van der Waals surface area contributed by atoms with E-state index >= 15 is 0 Å². The minimum atomic E-state index is -0.209. The lowest BCUT2D eigenvalue weighted by molar-refractivity contribution is 0.776. The molecule has 0 amide bonds. The molecular formula is C24H19N7O. The van der Waals surface area contributed by atoms with Crippen molar-refractivity contribution >= 4 is 22.1 Å². The fourth-order valence-electron chi connectivity index (χ4n) is 4.12. The predicted octanol–water partition coefficient (Wildman–Crippen LogP) is 3.51. The summed E-state index contributed by atoms with van der Waals surface area (Å²) in [5, 5.41) is 5.37. The van der Waals surface area contributed by atoms with Crippen LogP contribution in [0.4, 0.5) is 0 Å². The van der Waals surface area contributed by atoms with Crippen LogP contribution in [0.25, 0.3) is 39.1 Å². The first-order valence-electron chi connectivity index (χ1n) is 10.3. The Morgan fingerprint density at radius 1 is 1.00 bits per heavy atom. The number of para-hydroxylation sites is 1. The summed E-state index contributed by atoms with van der Waals surface area (Å²) < 4.78 is 5.50. The third kappa shape index (κ3) is 2.92. The number of rotatable bonds is 4. The normalized spacial score (nSPS) is 11.5. The van der Waals surface area contributed by atoms with Crippen molar-refractivity contribution in [3.8, 4) is 17.1 Å². The van der Waals surface area contributed by atoms with Gasteiger partial charge in [-0.3, -0.25) is 4.57 Å². The summed E-state index contributed by atoms with van der Waals surface area (Å²) in [7, 11) is 2.00. The van der Waals surface area contributed by atoms with Crippen LogP contribution in [0, 0.1) is 0 Å². The lowest BCUT2D eigenvalue weighted by atomic mass is 10.1. The van der Waals surface area contributed by atoms with Crippen molar-refractivity contribution in [2.24, 2.45) is 7.05 Å². The van der Waals surface area contributed by atoms with E-state index in [1.165, 1.54) is 0 Å². The third-order valence-corrected chi connectivity index (χ3v) is 5.70. The molecule has 6 aromatic rings. The van der Waals surface area contributed by atoms with E-state index in [0.717, 1.165) is 27.7 Å². The molecule has 0 saturated carbocycles. The summed E-state index contributed by atoms with van der Waals surface area (Å²) in [4.78, 5) is 24.9. The molecule has 0 spiro atoms. The number of fused-ring (bicyclic) bond motifs is 2. The molecule has 156 valence electrons. The van der Waals surface area contributed by atoms with Crippen molar-refractivity contribution in [2.45, 2.75) is 6.54 Å². The van der Waals surface area contributed by atoms with E-state index in [9.17, 15) is 4.79 Å². The van der Waals surface area contributed by atoms with Crippen molar-refractivity contribution in [1.29, 1.82) is 0 Å². The van der Waals surface area contributed by atoms with Crippen molar-refractivity contribution in [3.05, 3.63) is 95.4 Å². The Hall–Kier alpha value is -4.46. The van der Waals surface area contributed by atoms with Crippen LogP contribution >= 0.6 is 0 Å². The topological polar surface area (TPSA) is 86.3 Å². The molecule has 0 aliphatic heterocycles. The Kier molecular flexibility index (Phi) is 4.04. The number of hydrogen-bond donors (Lipinski definition) is 1. The highest BCUT2D eigenvalue weighted by Crippen LogP contribution is 2.27. The summed E-state index contributed by atoms with van der Waals surface area (Å²) in [6.45, 7) is 0.406. The smallest absolute Gasteiger partial charge is 0.328 e. The first-order chi connectivity index (χ1) is 15.7. The lowest BCUT2D eigenvalue weighted by Gasteiger charge is -2.08. The van der Waals surface area contributed by atoms with Crippen LogP contribution in [0.1, 0.15) is 5.56 Å². The van der Waals surface area contributed by atoms with Gasteiger partial charge in [0.15, 0.2) is 11.5 Å². The van der Waals surface area contributed by atoms with E-state index in [2.05, 4.69) is 31.8 Å². The highest BCUT2D eigenvalue weighted by molar-refractivity contribution is 5.93. The maximum atomic E-state index is 12.7. The number of nitrogens with zero attached hydrogens (tertiary/aromatic N) is 6. The van der Waals surface area contributed by atoms with E-state index in [4.69, 9.17) is 4.98 Å². The molecule has 2 aromatic carbocycles. The van der Waals surface area contributed by atoms with Crippen LogP contribution in [0.3, 0.4) is 0 Å². The largest absolute Gasteiger partial charge is 0.350 e. The van der Waals surface area contributed by atoms with Gasteiger partial charge in [-0.25, -0.2) is 19.4 Å². The molecule has 0 radical (unpaired) electrons. The average molecular weight is 421 g/mol. The molecule has 4 aromatic heterocycles. The minimum absolute atomic E-state index is 0.209. The molecule has 0 atom stereocenters. The maximum absolute atomic E-state index is 12.7. The second kappa shape index (κ2) is 7.05. The Morgan fingerprint density at radius 2 is 1.88 bits per heavy atom. The van der Waals surface area contributed by atoms with Gasteiger partial charge in [0.2, 0.25) is 0 Å². The molecule has 8 heteroatoms. The van der Waals surface area contributed by atoms with Crippen LogP contribution in [-0.4, -0.2) is 33.9 Å². The average Bonchev–Trinajstić information content (AvgIpc) is 3.55. The zero-order valence-electron chi connectivity index (χ0n) is 17.3. The van der Waals surface area contributed by atoms with Gasteiger partial charge in [0, 0.05) is 36.6 Å². The first-order valence-corrected chi connectivity index (χ1v) is 10.3. The fraction of sp³-hybridized carbons (Fsp3) is 0.0833. The standard InChI is InChI=1S/C24H19N7O/c1-29-13-10-17-4-2-5-19(21(17)29)22-25-14-20-23(28-22)30(24(32)27-20)15-16-6-8-18(9-7-16)31-12-3-11-26-31/h2-14H,15H2,1H3,(H,27,32). The molecule has 0 aliphatic carbocycles. The summed E-state index contributed by atoms with van der Waals surface area (Å²) in [5.74, 6) is 0.590. The van der Waals surface area contributed by atoms with Crippen LogP contribution in [0.15, 0.2) is 84.2 Å². The van der Waals surface area contributed by atoms with Crippen molar-refractivity contribution < 1.29 is 0 Å². The van der Waals surface area contributed by atoms with E-state index in [1.54, 1.807) is 21.6 Å². The second-order valence-electron chi connectivity index (χ2n) is 7.73. The monoisotopic (exact) mass is 421 g/mol. The zero-order chi connectivity index (χ0) is 21.7. The number of hydrogen-bond acceptors (Lipinski definition) is 4. The van der Waals surface area contributed by atoms with Crippen LogP contribution < -0.4 is 5.69 Å². The minimum Gasteiger partial charge on any atom is -0.350 e. The van der Waals surface area contributed by atoms with Gasteiger partial charge in [0.1, 0.15) is 5.52 Å². The molecule has 32 heavy (non-hydrogen) atoms. The molecule has 8 nitrogen and oxygen atoms in total. The lowest BCUT2D eigenvalue weighted by Crippen LogP contribution is -2.17. The van der Waals surface area contributed by atoms with E-state index < -0.39 is 0 Å². The number of aromatic amines is 1. The molecule has 0 fully saturated rings. The first kappa shape index (κ1) is 18.3. The van der Waals surface area contributed by atoms with Gasteiger partial charge in [0.25, 0.3) is 0 Å². The van der Waals surface area contributed by atoms with E-state index in [1.807, 2.05) is 61.9 Å². The molecule has 1 N–H and O–H groups in total. The molecule has 0 aliphatic rings. The number of H-pyrrole nitrogens is 1. The summed E-state index contributed by atoms with van der Waals surface area (Å²) in [6.07, 6.45) is 7.33. The Balaban J connectivity index is 1.42. The van der Waals surface area contributed by atoms with Gasteiger partial charge in [-0.15, -0.1) is 0 Å². The molecule has 0 bridgehead atoms. The van der Waals surface area contributed by atoms with Crippen LogP contribution in [0.2, 0.25) is 0 Å². The Morgan fingerprint density at radius 3 is 2.69 bits per heavy atom. The molecule has 4 heterocycles. The van der Waals surface area contributed by atoms with Crippen molar-refractivity contribution in [2.75, 3.05) is 0 Å². The van der Waals surface area contributed by atoms with Crippen molar-refractivity contribution in [1.82, 2.24) is 33.9 Å². The van der Waals surface area contributed by atoms with Crippen LogP contribution in [-0.2, 0) is 13.6 Å². The fourth-order valence-corrected chi connectivity index (χ4v) is 4.12. The number of aryl methyl sites for hydroxylation is 1. The molecule has 0 saturated heterocycles. The van der Waals surface area contributed by atoms with Gasteiger partial charge in [-0.2, -0.15) is 5.10 Å². The van der Waals surface area contributed by atoms with Gasteiger partial charge >= 0.3 is 5.69 Å². The molecule has 6 rings (SSSR count). The highest BCUT2D eigenvalue weighted by Gasteiger charge is 2.14. The van der Waals surface area contributed by atoms with Gasteiger partial charge in [0.05, 0.1) is 23.9 Å². The van der Waals surface area contributed by atoms with Gasteiger partial charge < -0.3 is 9.55 Å². The SMILES string of the molecule is Cn1ccc2cccc(-c3ncc4[nH]c(=O)n(Cc5ccc(-n6cccn6)cc5)c4n3)c21. The number of benzene rings is 2. The predicted molar refractivity (Wildman–Crippen MR) is 123 cm³/mol. The maximum Gasteiger partial charge on any atom is 0.328 e. The molecule has 0 unspecified atom stereocenters. The van der Waals surface area contributed by atoms with E-state index in [-0.39, 0.29) is 5.69 Å². The number of imidazole rings is 1. The third-order valence-electron chi connectivity index (χ3n) is 5.70. The summed E-state index contributed by atoms with van der Waals surface area (Å²) >= 11 is 0. The van der Waals surface area contributed by atoms with Crippen LogP contribution in [0.5, 0.6) is 0 Å². The number of nitrogens with one attached hydrogen (secondary N) is 1. The quantitative estimate of drug-likeness (QED) is 0.472. The van der Waals surface area contributed by atoms with Gasteiger partial charge in [-0.05, 0) is 35.9 Å². The van der Waals surface area contributed by atoms with Crippen molar-refractivity contribution in [3.63, 3.8) is 0 Å². The second-order valence-corrected chi connectivity index (χ2v) is 7.73. The Labute approximate surface area is 182 Å². The number of aromatic nitrogens is 7. The van der Waals surface area contributed by atoms with Gasteiger partial charge in [-0.1, -0.05) is 24.3 Å². The summed E-state index contributed by atoms with van der Waals surface area (Å²) in [6, 6.07) is 18.0.